The number of likely N-dealkylation sites (tertiary alicyclic amines) is 1. The van der Waals surface area contributed by atoms with E-state index in [1.165, 1.54) is 0 Å². The second kappa shape index (κ2) is 9.27. The number of urea groups is 1. The van der Waals surface area contributed by atoms with Crippen molar-refractivity contribution in [2.45, 2.75) is 38.5 Å². The fourth-order valence-electron chi connectivity index (χ4n) is 2.77. The molecule has 25 heavy (non-hydrogen) atoms. The number of carbonyl (C=O) groups excluding carboxylic acids is 2. The lowest BCUT2D eigenvalue weighted by Crippen LogP contribution is -2.51. The SMILES string of the molecule is COCCNC(=O)[C@H]1C[C@H](Oc2ccccc2)CN1C(=O)NC(C)C. The van der Waals surface area contributed by atoms with Gasteiger partial charge in [0.2, 0.25) is 5.91 Å². The molecule has 1 fully saturated rings. The fraction of sp³-hybridized carbons (Fsp3) is 0.556. The van der Waals surface area contributed by atoms with Gasteiger partial charge in [-0.15, -0.1) is 0 Å². The van der Waals surface area contributed by atoms with E-state index < -0.39 is 6.04 Å². The first-order valence-corrected chi connectivity index (χ1v) is 8.56. The Hall–Kier alpha value is -2.28. The highest BCUT2D eigenvalue weighted by molar-refractivity contribution is 5.87. The lowest BCUT2D eigenvalue weighted by molar-refractivity contribution is -0.124. The van der Waals surface area contributed by atoms with Gasteiger partial charge in [-0.25, -0.2) is 4.79 Å². The Labute approximate surface area is 148 Å². The third-order valence-electron chi connectivity index (χ3n) is 3.89. The van der Waals surface area contributed by atoms with Gasteiger partial charge in [0.1, 0.15) is 17.9 Å². The zero-order chi connectivity index (χ0) is 18.2. The van der Waals surface area contributed by atoms with Gasteiger partial charge in [-0.2, -0.15) is 0 Å². The predicted molar refractivity (Wildman–Crippen MR) is 94.5 cm³/mol. The summed E-state index contributed by atoms with van der Waals surface area (Å²) in [6.45, 7) is 4.99. The number of ether oxygens (including phenoxy) is 2. The summed E-state index contributed by atoms with van der Waals surface area (Å²) in [5, 5.41) is 5.65. The van der Waals surface area contributed by atoms with E-state index in [2.05, 4.69) is 10.6 Å². The van der Waals surface area contributed by atoms with E-state index in [0.717, 1.165) is 5.75 Å². The van der Waals surface area contributed by atoms with Crippen molar-refractivity contribution < 1.29 is 19.1 Å². The van der Waals surface area contributed by atoms with Crippen molar-refractivity contribution >= 4 is 11.9 Å². The third kappa shape index (κ3) is 5.63. The predicted octanol–water partition coefficient (Wildman–Crippen LogP) is 1.39. The summed E-state index contributed by atoms with van der Waals surface area (Å²) in [6.07, 6.45) is 0.234. The number of hydrogen-bond donors (Lipinski definition) is 2. The van der Waals surface area contributed by atoms with Crippen molar-refractivity contribution in [2.75, 3.05) is 26.8 Å². The zero-order valence-electron chi connectivity index (χ0n) is 15.0. The van der Waals surface area contributed by atoms with E-state index in [1.807, 2.05) is 44.2 Å². The van der Waals surface area contributed by atoms with Crippen LogP contribution in [0.3, 0.4) is 0 Å². The molecule has 0 aromatic heterocycles. The number of methoxy groups -OCH3 is 1. The number of carbonyl (C=O) groups is 2. The summed E-state index contributed by atoms with van der Waals surface area (Å²) < 4.78 is 10.9. The average Bonchev–Trinajstić information content (AvgIpc) is 2.99. The summed E-state index contributed by atoms with van der Waals surface area (Å²) in [5.41, 5.74) is 0. The number of amides is 3. The molecule has 0 saturated carbocycles. The first-order valence-electron chi connectivity index (χ1n) is 8.56. The van der Waals surface area contributed by atoms with Crippen LogP contribution >= 0.6 is 0 Å². The molecular formula is C18H27N3O4. The molecule has 1 saturated heterocycles. The highest BCUT2D eigenvalue weighted by Gasteiger charge is 2.40. The van der Waals surface area contributed by atoms with E-state index >= 15 is 0 Å². The molecule has 138 valence electrons. The summed E-state index contributed by atoms with van der Waals surface area (Å²) >= 11 is 0. The van der Waals surface area contributed by atoms with E-state index in [9.17, 15) is 9.59 Å². The molecule has 0 radical (unpaired) electrons. The minimum absolute atomic E-state index is 0.00112. The molecule has 1 aliphatic heterocycles. The zero-order valence-corrected chi connectivity index (χ0v) is 15.0. The van der Waals surface area contributed by atoms with E-state index in [1.54, 1.807) is 12.0 Å². The van der Waals surface area contributed by atoms with Crippen molar-refractivity contribution in [3.63, 3.8) is 0 Å². The van der Waals surface area contributed by atoms with Crippen LogP contribution < -0.4 is 15.4 Å². The Kier molecular flexibility index (Phi) is 7.06. The van der Waals surface area contributed by atoms with Gasteiger partial charge < -0.3 is 25.0 Å². The van der Waals surface area contributed by atoms with Gasteiger partial charge in [0, 0.05) is 26.1 Å². The second-order valence-electron chi connectivity index (χ2n) is 6.34. The maximum atomic E-state index is 12.5. The first-order chi connectivity index (χ1) is 12.0. The van der Waals surface area contributed by atoms with Gasteiger partial charge in [0.05, 0.1) is 13.2 Å². The summed E-state index contributed by atoms with van der Waals surface area (Å²) in [4.78, 5) is 26.5. The van der Waals surface area contributed by atoms with E-state index in [-0.39, 0.29) is 24.1 Å². The van der Waals surface area contributed by atoms with E-state index in [4.69, 9.17) is 9.47 Å². The number of nitrogens with one attached hydrogen (secondary N) is 2. The van der Waals surface area contributed by atoms with Gasteiger partial charge in [-0.05, 0) is 26.0 Å². The third-order valence-corrected chi connectivity index (χ3v) is 3.89. The summed E-state index contributed by atoms with van der Waals surface area (Å²) in [6, 6.07) is 8.62. The number of para-hydroxylation sites is 1. The van der Waals surface area contributed by atoms with Crippen molar-refractivity contribution in [2.24, 2.45) is 0 Å². The highest BCUT2D eigenvalue weighted by atomic mass is 16.5. The molecule has 2 N–H and O–H groups in total. The molecule has 2 rings (SSSR count). The van der Waals surface area contributed by atoms with Crippen molar-refractivity contribution in [3.8, 4) is 5.75 Å². The van der Waals surface area contributed by atoms with Crippen molar-refractivity contribution in [3.05, 3.63) is 30.3 Å². The molecule has 1 heterocycles. The summed E-state index contributed by atoms with van der Waals surface area (Å²) in [5.74, 6) is 0.548. The molecule has 0 bridgehead atoms. The van der Waals surface area contributed by atoms with Crippen LogP contribution in [0.5, 0.6) is 5.75 Å². The van der Waals surface area contributed by atoms with Crippen LogP contribution in [0.1, 0.15) is 20.3 Å². The summed E-state index contributed by atoms with van der Waals surface area (Å²) in [7, 11) is 1.58. The van der Waals surface area contributed by atoms with Gasteiger partial charge in [0.25, 0.3) is 0 Å². The Bertz CT molecular complexity index is 565. The van der Waals surface area contributed by atoms with Crippen LogP contribution in [0, 0.1) is 0 Å². The molecule has 7 heteroatoms. The van der Waals surface area contributed by atoms with Crippen LogP contribution in [0.25, 0.3) is 0 Å². The molecule has 3 amide bonds. The van der Waals surface area contributed by atoms with Crippen molar-refractivity contribution in [1.82, 2.24) is 15.5 Å². The standard InChI is InChI=1S/C18H27N3O4/c1-13(2)20-18(23)21-12-15(25-14-7-5-4-6-8-14)11-16(21)17(22)19-9-10-24-3/h4-8,13,15-16H,9-12H2,1-3H3,(H,19,22)(H,20,23)/t15-,16+/m0/s1. The molecule has 7 nitrogen and oxygen atoms in total. The lowest BCUT2D eigenvalue weighted by atomic mass is 10.2. The van der Waals surface area contributed by atoms with Crippen LogP contribution in [0.2, 0.25) is 0 Å². The van der Waals surface area contributed by atoms with Gasteiger partial charge >= 0.3 is 6.03 Å². The largest absolute Gasteiger partial charge is 0.488 e. The smallest absolute Gasteiger partial charge is 0.318 e. The molecule has 1 aromatic rings. The number of nitrogens with zero attached hydrogens (tertiary/aromatic N) is 1. The Balaban J connectivity index is 2.04. The van der Waals surface area contributed by atoms with Crippen LogP contribution in [-0.4, -0.2) is 61.8 Å². The van der Waals surface area contributed by atoms with Crippen molar-refractivity contribution in [1.29, 1.82) is 0 Å². The number of hydrogen-bond acceptors (Lipinski definition) is 4. The molecule has 0 spiro atoms. The molecular weight excluding hydrogens is 322 g/mol. The van der Waals surface area contributed by atoms with Crippen LogP contribution in [-0.2, 0) is 9.53 Å². The van der Waals surface area contributed by atoms with Crippen LogP contribution in [0.15, 0.2) is 30.3 Å². The highest BCUT2D eigenvalue weighted by Crippen LogP contribution is 2.23. The minimum atomic E-state index is -0.552. The fourth-order valence-corrected chi connectivity index (χ4v) is 2.77. The number of benzene rings is 1. The molecule has 2 atom stereocenters. The quantitative estimate of drug-likeness (QED) is 0.729. The normalized spacial score (nSPS) is 19.8. The monoisotopic (exact) mass is 349 g/mol. The van der Waals surface area contributed by atoms with E-state index in [0.29, 0.717) is 26.1 Å². The van der Waals surface area contributed by atoms with Crippen LogP contribution in [0.4, 0.5) is 4.79 Å². The number of rotatable bonds is 7. The second-order valence-corrected chi connectivity index (χ2v) is 6.34. The van der Waals surface area contributed by atoms with Gasteiger partial charge in [0.15, 0.2) is 0 Å². The molecule has 1 aliphatic rings. The Morgan fingerprint density at radius 2 is 2.00 bits per heavy atom. The maximum Gasteiger partial charge on any atom is 0.318 e. The molecule has 0 aliphatic carbocycles. The molecule has 0 unspecified atom stereocenters. The van der Waals surface area contributed by atoms with Gasteiger partial charge in [-0.3, -0.25) is 4.79 Å². The molecule has 1 aromatic carbocycles. The first kappa shape index (κ1) is 19.1. The maximum absolute atomic E-state index is 12.5. The lowest BCUT2D eigenvalue weighted by Gasteiger charge is -2.25. The van der Waals surface area contributed by atoms with Gasteiger partial charge in [-0.1, -0.05) is 18.2 Å². The minimum Gasteiger partial charge on any atom is -0.488 e. The Morgan fingerprint density at radius 3 is 2.64 bits per heavy atom. The average molecular weight is 349 g/mol. The topological polar surface area (TPSA) is 79.9 Å². The Morgan fingerprint density at radius 1 is 1.28 bits per heavy atom.